The molecule has 1 unspecified atom stereocenters. The van der Waals surface area contributed by atoms with Gasteiger partial charge in [0.15, 0.2) is 0 Å². The van der Waals surface area contributed by atoms with E-state index < -0.39 is 11.9 Å². The van der Waals surface area contributed by atoms with Crippen LogP contribution >= 0.6 is 11.3 Å². The Bertz CT molecular complexity index is 1340. The molecule has 1 saturated heterocycles. The average molecular weight is 667 g/mol. The van der Waals surface area contributed by atoms with Crippen LogP contribution in [0.4, 0.5) is 0 Å². The summed E-state index contributed by atoms with van der Waals surface area (Å²) in [7, 11) is 0. The maximum absolute atomic E-state index is 13.0. The van der Waals surface area contributed by atoms with Gasteiger partial charge >= 0.3 is 0 Å². The van der Waals surface area contributed by atoms with Gasteiger partial charge in [-0.2, -0.15) is 0 Å². The summed E-state index contributed by atoms with van der Waals surface area (Å²) < 4.78 is 33.9. The van der Waals surface area contributed by atoms with Gasteiger partial charge in [-0.25, -0.2) is 0 Å². The van der Waals surface area contributed by atoms with Crippen LogP contribution in [0.5, 0.6) is 5.75 Å². The fourth-order valence-electron chi connectivity index (χ4n) is 6.50. The maximum Gasteiger partial charge on any atom is 0.226 e. The molecule has 5 rings (SSSR count). The Morgan fingerprint density at radius 2 is 1.55 bits per heavy atom. The van der Waals surface area contributed by atoms with Crippen molar-refractivity contribution in [1.29, 1.82) is 0 Å². The van der Waals surface area contributed by atoms with Crippen LogP contribution in [-0.4, -0.2) is 56.5 Å². The standard InChI is InChI=1S/C40H58O6S/c1-5-9-19-42-28-32-26-37(44-21-11-7-3)39(45-22-12-8-4)40(41,46-32)35-25-31(24-33-23-30-15-13-14-16-38(30)47-33)34(29-17-18-29)27-36(35)43-20-10-6-2/h13-16,23,25,27,29,32,37,39,41H,5-12,17-22,24,26,28H2,1-4H3/t32-,37-,39-,40?/m0/s1. The molecule has 2 aliphatic rings. The second-order valence-electron chi connectivity index (χ2n) is 13.5. The van der Waals surface area contributed by atoms with Crippen molar-refractivity contribution in [1.82, 2.24) is 0 Å². The van der Waals surface area contributed by atoms with Gasteiger partial charge in [0.25, 0.3) is 0 Å². The van der Waals surface area contributed by atoms with Crippen LogP contribution in [0.3, 0.4) is 0 Å². The van der Waals surface area contributed by atoms with Crippen LogP contribution in [-0.2, 0) is 31.2 Å². The Labute approximate surface area is 287 Å². The molecule has 260 valence electrons. The molecule has 0 bridgehead atoms. The minimum atomic E-state index is -1.76. The van der Waals surface area contributed by atoms with Crippen molar-refractivity contribution in [2.45, 2.75) is 135 Å². The summed E-state index contributed by atoms with van der Waals surface area (Å²) in [5, 5.41) is 14.3. The van der Waals surface area contributed by atoms with E-state index in [4.69, 9.17) is 23.7 Å². The molecule has 6 nitrogen and oxygen atoms in total. The van der Waals surface area contributed by atoms with Gasteiger partial charge in [0.05, 0.1) is 31.0 Å². The van der Waals surface area contributed by atoms with Crippen molar-refractivity contribution in [3.8, 4) is 5.75 Å². The Morgan fingerprint density at radius 1 is 0.851 bits per heavy atom. The van der Waals surface area contributed by atoms with Crippen LogP contribution in [0.2, 0.25) is 0 Å². The van der Waals surface area contributed by atoms with E-state index in [1.165, 1.54) is 38.9 Å². The maximum atomic E-state index is 13.0. The van der Waals surface area contributed by atoms with Crippen molar-refractivity contribution in [2.75, 3.05) is 33.0 Å². The van der Waals surface area contributed by atoms with Gasteiger partial charge < -0.3 is 28.8 Å². The highest BCUT2D eigenvalue weighted by atomic mass is 32.1. The average Bonchev–Trinajstić information content (AvgIpc) is 3.83. The number of benzene rings is 2. The summed E-state index contributed by atoms with van der Waals surface area (Å²) in [4.78, 5) is 1.31. The van der Waals surface area contributed by atoms with Crippen molar-refractivity contribution < 1.29 is 28.8 Å². The number of ether oxygens (including phenoxy) is 5. The van der Waals surface area contributed by atoms with Crippen LogP contribution < -0.4 is 4.74 Å². The molecule has 2 fully saturated rings. The molecule has 47 heavy (non-hydrogen) atoms. The van der Waals surface area contributed by atoms with E-state index in [-0.39, 0.29) is 12.2 Å². The molecule has 1 aliphatic carbocycles. The quantitative estimate of drug-likeness (QED) is 0.114. The zero-order valence-corrected chi connectivity index (χ0v) is 30.1. The largest absolute Gasteiger partial charge is 0.493 e. The Hall–Kier alpha value is -2.00. The fraction of sp³-hybridized carbons (Fsp3) is 0.650. The minimum Gasteiger partial charge on any atom is -0.493 e. The molecule has 0 radical (unpaired) electrons. The Morgan fingerprint density at radius 3 is 2.28 bits per heavy atom. The molecule has 2 aromatic carbocycles. The Balaban J connectivity index is 1.58. The molecule has 0 amide bonds. The Kier molecular flexibility index (Phi) is 14.0. The number of thiophene rings is 1. The van der Waals surface area contributed by atoms with Crippen LogP contribution in [0, 0.1) is 0 Å². The fourth-order valence-corrected chi connectivity index (χ4v) is 7.59. The summed E-state index contributed by atoms with van der Waals surface area (Å²) in [6, 6.07) is 15.3. The lowest BCUT2D eigenvalue weighted by Crippen LogP contribution is -2.58. The second-order valence-corrected chi connectivity index (χ2v) is 14.6. The molecular weight excluding hydrogens is 609 g/mol. The topological polar surface area (TPSA) is 66.4 Å². The predicted molar refractivity (Wildman–Crippen MR) is 192 cm³/mol. The summed E-state index contributed by atoms with van der Waals surface area (Å²) in [5.74, 6) is -0.544. The van der Waals surface area contributed by atoms with Gasteiger partial charge in [0.1, 0.15) is 11.9 Å². The van der Waals surface area contributed by atoms with Gasteiger partial charge in [0.2, 0.25) is 5.79 Å². The predicted octanol–water partition coefficient (Wildman–Crippen LogP) is 9.67. The number of hydrogen-bond donors (Lipinski definition) is 1. The highest BCUT2D eigenvalue weighted by molar-refractivity contribution is 7.19. The van der Waals surface area contributed by atoms with E-state index in [9.17, 15) is 5.11 Å². The number of rotatable bonds is 21. The first-order chi connectivity index (χ1) is 23.0. The van der Waals surface area contributed by atoms with Crippen molar-refractivity contribution >= 4 is 21.4 Å². The van der Waals surface area contributed by atoms with E-state index in [0.717, 1.165) is 57.8 Å². The van der Waals surface area contributed by atoms with E-state index in [1.807, 2.05) is 11.3 Å². The van der Waals surface area contributed by atoms with Crippen molar-refractivity contribution in [3.05, 3.63) is 64.0 Å². The summed E-state index contributed by atoms with van der Waals surface area (Å²) in [5.41, 5.74) is 3.21. The zero-order valence-electron chi connectivity index (χ0n) is 29.3. The molecular formula is C40H58O6S. The highest BCUT2D eigenvalue weighted by Crippen LogP contribution is 2.49. The van der Waals surface area contributed by atoms with Gasteiger partial charge in [-0.3, -0.25) is 0 Å². The van der Waals surface area contributed by atoms with Gasteiger partial charge in [-0.1, -0.05) is 71.6 Å². The molecule has 7 heteroatoms. The van der Waals surface area contributed by atoms with Gasteiger partial charge in [-0.15, -0.1) is 11.3 Å². The van der Waals surface area contributed by atoms with E-state index in [0.29, 0.717) is 56.7 Å². The van der Waals surface area contributed by atoms with E-state index in [2.05, 4.69) is 70.2 Å². The molecule has 1 saturated carbocycles. The summed E-state index contributed by atoms with van der Waals surface area (Å²) in [6.07, 6.45) is 10.3. The minimum absolute atomic E-state index is 0.338. The monoisotopic (exact) mass is 666 g/mol. The third kappa shape index (κ3) is 9.58. The molecule has 1 aromatic heterocycles. The van der Waals surface area contributed by atoms with Crippen molar-refractivity contribution in [2.24, 2.45) is 0 Å². The first-order valence-corrected chi connectivity index (χ1v) is 19.3. The lowest BCUT2D eigenvalue weighted by molar-refractivity contribution is -0.348. The normalized spacial score (nSPS) is 23.0. The zero-order chi connectivity index (χ0) is 33.1. The molecule has 0 spiro atoms. The number of hydrogen-bond acceptors (Lipinski definition) is 7. The van der Waals surface area contributed by atoms with Crippen LogP contribution in [0.25, 0.3) is 10.1 Å². The summed E-state index contributed by atoms with van der Waals surface area (Å²) in [6.45, 7) is 11.5. The van der Waals surface area contributed by atoms with E-state index in [1.54, 1.807) is 0 Å². The number of fused-ring (bicyclic) bond motifs is 1. The van der Waals surface area contributed by atoms with Crippen molar-refractivity contribution in [3.63, 3.8) is 0 Å². The molecule has 2 heterocycles. The third-order valence-electron chi connectivity index (χ3n) is 9.38. The molecule has 4 atom stereocenters. The smallest absolute Gasteiger partial charge is 0.226 e. The number of unbranched alkanes of at least 4 members (excludes halogenated alkanes) is 4. The first-order valence-electron chi connectivity index (χ1n) is 18.5. The third-order valence-corrected chi connectivity index (χ3v) is 10.5. The van der Waals surface area contributed by atoms with Gasteiger partial charge in [-0.05, 0) is 85.2 Å². The lowest BCUT2D eigenvalue weighted by atomic mass is 9.86. The van der Waals surface area contributed by atoms with Crippen LogP contribution in [0.15, 0.2) is 42.5 Å². The van der Waals surface area contributed by atoms with Crippen LogP contribution in [0.1, 0.15) is 126 Å². The van der Waals surface area contributed by atoms with E-state index >= 15 is 0 Å². The SMILES string of the molecule is CCCCOC[C@@H]1C[C@H](OCCCC)[C@H](OCCCC)C(O)(c2cc(Cc3cc4ccccc4s3)c(C3CC3)cc2OCCCC)O1. The second kappa shape index (κ2) is 18.1. The molecule has 1 aliphatic heterocycles. The van der Waals surface area contributed by atoms with Gasteiger partial charge in [0, 0.05) is 42.2 Å². The molecule has 1 N–H and O–H groups in total. The summed E-state index contributed by atoms with van der Waals surface area (Å²) >= 11 is 1.85. The highest BCUT2D eigenvalue weighted by Gasteiger charge is 2.53. The first kappa shape index (κ1) is 36.3. The molecule has 3 aromatic rings. The lowest BCUT2D eigenvalue weighted by Gasteiger charge is -2.47. The number of aliphatic hydroxyl groups is 1.